The van der Waals surface area contributed by atoms with Gasteiger partial charge in [-0.3, -0.25) is 4.98 Å². The molecule has 0 atom stereocenters. The van der Waals surface area contributed by atoms with Gasteiger partial charge in [0, 0.05) is 18.0 Å². The second-order valence-corrected chi connectivity index (χ2v) is 4.39. The normalized spacial score (nSPS) is 12.9. The Morgan fingerprint density at radius 2 is 1.94 bits per heavy atom. The summed E-state index contributed by atoms with van der Waals surface area (Å²) in [6, 6.07) is 8.04. The first kappa shape index (κ1) is 10.9. The third-order valence-electron chi connectivity index (χ3n) is 3.40. The van der Waals surface area contributed by atoms with Gasteiger partial charge in [0.1, 0.15) is 0 Å². The van der Waals surface area contributed by atoms with Gasteiger partial charge in [0.05, 0.1) is 5.69 Å². The molecule has 2 aromatic rings. The lowest BCUT2D eigenvalue weighted by atomic mass is 9.98. The molecule has 3 heteroatoms. The fourth-order valence-electron chi connectivity index (χ4n) is 2.58. The molecule has 1 aromatic carbocycles. The average Bonchev–Trinajstić information content (AvgIpc) is 2.89. The van der Waals surface area contributed by atoms with Gasteiger partial charge in [0.25, 0.3) is 0 Å². The largest absolute Gasteiger partial charge is 0.265 e. The number of carbonyl (C=O) groups excluding carboxylic acids is 1. The first-order valence-electron chi connectivity index (χ1n) is 6.03. The Balaban J connectivity index is 2.24. The summed E-state index contributed by atoms with van der Waals surface area (Å²) in [5.41, 5.74) is 5.32. The van der Waals surface area contributed by atoms with Crippen LogP contribution in [-0.4, -0.2) is 11.1 Å². The van der Waals surface area contributed by atoms with Crippen molar-refractivity contribution in [3.05, 3.63) is 47.8 Å². The molecule has 0 N–H and O–H groups in total. The van der Waals surface area contributed by atoms with E-state index in [0.717, 1.165) is 36.1 Å². The van der Waals surface area contributed by atoms with E-state index in [0.29, 0.717) is 0 Å². The van der Waals surface area contributed by atoms with E-state index >= 15 is 0 Å². The molecule has 1 heterocycles. The summed E-state index contributed by atoms with van der Waals surface area (Å²) >= 11 is 0. The molecule has 3 nitrogen and oxygen atoms in total. The van der Waals surface area contributed by atoms with Crippen molar-refractivity contribution in [2.75, 3.05) is 0 Å². The van der Waals surface area contributed by atoms with E-state index in [1.807, 2.05) is 18.2 Å². The van der Waals surface area contributed by atoms with Crippen LogP contribution in [0.25, 0.3) is 11.1 Å². The van der Waals surface area contributed by atoms with Gasteiger partial charge in [-0.2, -0.15) is 4.99 Å². The summed E-state index contributed by atoms with van der Waals surface area (Å²) in [7, 11) is 0. The molecule has 18 heavy (non-hydrogen) atoms. The Morgan fingerprint density at radius 1 is 1.11 bits per heavy atom. The third-order valence-corrected chi connectivity index (χ3v) is 3.40. The highest BCUT2D eigenvalue weighted by Crippen LogP contribution is 2.38. The summed E-state index contributed by atoms with van der Waals surface area (Å²) in [6.07, 6.45) is 8.38. The molecule has 0 unspecified atom stereocenters. The van der Waals surface area contributed by atoms with Gasteiger partial charge in [-0.15, -0.1) is 0 Å². The highest BCUT2D eigenvalue weighted by atomic mass is 16.1. The van der Waals surface area contributed by atoms with E-state index in [2.05, 4.69) is 16.0 Å². The molecule has 0 fully saturated rings. The molecule has 0 saturated carbocycles. The Kier molecular flexibility index (Phi) is 2.75. The van der Waals surface area contributed by atoms with Crippen molar-refractivity contribution in [2.24, 2.45) is 4.99 Å². The minimum Gasteiger partial charge on any atom is -0.265 e. The molecular formula is C15H12N2O. The third kappa shape index (κ3) is 1.75. The zero-order valence-electron chi connectivity index (χ0n) is 9.89. The van der Waals surface area contributed by atoms with Crippen LogP contribution in [-0.2, 0) is 17.6 Å². The molecule has 1 aromatic heterocycles. The van der Waals surface area contributed by atoms with Crippen molar-refractivity contribution in [3.8, 4) is 11.1 Å². The lowest BCUT2D eigenvalue weighted by molar-refractivity contribution is 0.565. The minimum atomic E-state index is 0.784. The van der Waals surface area contributed by atoms with Crippen molar-refractivity contribution in [3.63, 3.8) is 0 Å². The number of aromatic nitrogens is 1. The number of nitrogens with zero attached hydrogens (tertiary/aromatic N) is 2. The monoisotopic (exact) mass is 236 g/mol. The molecule has 88 valence electrons. The number of fused-ring (bicyclic) bond motifs is 1. The average molecular weight is 236 g/mol. The number of pyridine rings is 1. The fraction of sp³-hybridized carbons (Fsp3) is 0.200. The second-order valence-electron chi connectivity index (χ2n) is 4.39. The second kappa shape index (κ2) is 4.55. The van der Waals surface area contributed by atoms with Crippen molar-refractivity contribution in [1.29, 1.82) is 0 Å². The van der Waals surface area contributed by atoms with Gasteiger partial charge in [0.15, 0.2) is 0 Å². The Labute approximate surface area is 105 Å². The molecule has 1 aliphatic carbocycles. The van der Waals surface area contributed by atoms with Crippen LogP contribution in [0.3, 0.4) is 0 Å². The topological polar surface area (TPSA) is 42.3 Å². The maximum Gasteiger partial charge on any atom is 0.240 e. The molecule has 1 aliphatic rings. The number of hydrogen-bond acceptors (Lipinski definition) is 3. The van der Waals surface area contributed by atoms with Gasteiger partial charge in [-0.05, 0) is 48.1 Å². The summed E-state index contributed by atoms with van der Waals surface area (Å²) in [5.74, 6) is 0. The van der Waals surface area contributed by atoms with Crippen LogP contribution in [0.5, 0.6) is 0 Å². The Morgan fingerprint density at radius 3 is 2.72 bits per heavy atom. The first-order chi connectivity index (χ1) is 8.90. The molecule has 0 bridgehead atoms. The maximum absolute atomic E-state index is 10.7. The quantitative estimate of drug-likeness (QED) is 0.593. The van der Waals surface area contributed by atoms with Crippen LogP contribution in [0.2, 0.25) is 0 Å². The number of hydrogen-bond donors (Lipinski definition) is 0. The van der Waals surface area contributed by atoms with Crippen LogP contribution >= 0.6 is 0 Å². The Bertz CT molecular complexity index is 628. The summed E-state index contributed by atoms with van der Waals surface area (Å²) in [6.45, 7) is 0. The molecule has 0 spiro atoms. The maximum atomic E-state index is 10.7. The van der Waals surface area contributed by atoms with Crippen LogP contribution in [0.4, 0.5) is 5.69 Å². The molecular weight excluding hydrogens is 224 g/mol. The highest BCUT2D eigenvalue weighted by Gasteiger charge is 2.18. The van der Waals surface area contributed by atoms with Crippen molar-refractivity contribution in [1.82, 2.24) is 4.98 Å². The number of aryl methyl sites for hydroxylation is 1. The van der Waals surface area contributed by atoms with Gasteiger partial charge in [-0.25, -0.2) is 4.79 Å². The van der Waals surface area contributed by atoms with E-state index in [4.69, 9.17) is 0 Å². The molecule has 0 radical (unpaired) electrons. The lowest BCUT2D eigenvalue weighted by Crippen LogP contribution is -1.88. The molecule has 0 saturated heterocycles. The zero-order valence-corrected chi connectivity index (χ0v) is 9.89. The molecule has 3 rings (SSSR count). The lowest BCUT2D eigenvalue weighted by Gasteiger charge is -2.09. The predicted molar refractivity (Wildman–Crippen MR) is 69.5 cm³/mol. The van der Waals surface area contributed by atoms with Crippen LogP contribution < -0.4 is 0 Å². The van der Waals surface area contributed by atoms with E-state index in [-0.39, 0.29) is 0 Å². The fourth-order valence-corrected chi connectivity index (χ4v) is 2.58. The molecule has 0 amide bonds. The van der Waals surface area contributed by atoms with Gasteiger partial charge in [0.2, 0.25) is 6.08 Å². The van der Waals surface area contributed by atoms with Crippen LogP contribution in [0.15, 0.2) is 41.7 Å². The van der Waals surface area contributed by atoms with Gasteiger partial charge >= 0.3 is 0 Å². The minimum absolute atomic E-state index is 0.784. The van der Waals surface area contributed by atoms with E-state index in [9.17, 15) is 4.79 Å². The number of aliphatic imine (C=N–C) groups is 1. The number of benzene rings is 1. The van der Waals surface area contributed by atoms with Crippen molar-refractivity contribution in [2.45, 2.75) is 19.3 Å². The molecule has 0 aliphatic heterocycles. The van der Waals surface area contributed by atoms with E-state index in [1.165, 1.54) is 11.1 Å². The summed E-state index contributed by atoms with van der Waals surface area (Å²) in [5, 5.41) is 0. The van der Waals surface area contributed by atoms with Crippen molar-refractivity contribution < 1.29 is 4.79 Å². The van der Waals surface area contributed by atoms with Crippen LogP contribution in [0.1, 0.15) is 17.5 Å². The highest BCUT2D eigenvalue weighted by molar-refractivity contribution is 5.80. The zero-order chi connectivity index (χ0) is 12.4. The van der Waals surface area contributed by atoms with Gasteiger partial charge in [-0.1, -0.05) is 12.1 Å². The summed E-state index contributed by atoms with van der Waals surface area (Å²) in [4.78, 5) is 18.6. The first-order valence-corrected chi connectivity index (χ1v) is 6.03. The van der Waals surface area contributed by atoms with E-state index in [1.54, 1.807) is 18.5 Å². The SMILES string of the molecule is O=C=Nc1c(-c2ccncc2)ccc2c1CCC2. The standard InChI is InChI=1S/C15H12N2O/c18-10-17-15-13-3-1-2-11(13)4-5-14(15)12-6-8-16-9-7-12/h4-9H,1-3H2. The Hall–Kier alpha value is -2.25. The predicted octanol–water partition coefficient (Wildman–Crippen LogP) is 3.20. The number of isocyanates is 1. The summed E-state index contributed by atoms with van der Waals surface area (Å²) < 4.78 is 0. The number of rotatable bonds is 2. The van der Waals surface area contributed by atoms with Crippen molar-refractivity contribution >= 4 is 11.8 Å². The van der Waals surface area contributed by atoms with Gasteiger partial charge < -0.3 is 0 Å². The van der Waals surface area contributed by atoms with Crippen LogP contribution in [0, 0.1) is 0 Å². The smallest absolute Gasteiger partial charge is 0.240 e. The van der Waals surface area contributed by atoms with E-state index < -0.39 is 0 Å².